The molecule has 0 spiro atoms. The predicted molar refractivity (Wildman–Crippen MR) is 98.1 cm³/mol. The highest BCUT2D eigenvalue weighted by Gasteiger charge is 2.27. The summed E-state index contributed by atoms with van der Waals surface area (Å²) in [6, 6.07) is 5.70. The first-order valence-corrected chi connectivity index (χ1v) is 9.41. The number of nitrogens with zero attached hydrogens (tertiary/aromatic N) is 2. The summed E-state index contributed by atoms with van der Waals surface area (Å²) in [5.41, 5.74) is 0.563. The van der Waals surface area contributed by atoms with Crippen LogP contribution in [-0.2, 0) is 9.53 Å². The maximum absolute atomic E-state index is 12.5. The van der Waals surface area contributed by atoms with Crippen LogP contribution in [0.4, 0.5) is 14.5 Å². The molecule has 0 saturated carbocycles. The van der Waals surface area contributed by atoms with Gasteiger partial charge in [0.25, 0.3) is 0 Å². The number of carbonyl (C=O) groups is 1. The fourth-order valence-corrected chi connectivity index (χ4v) is 3.56. The third-order valence-corrected chi connectivity index (χ3v) is 5.22. The molecule has 1 N–H and O–H groups in total. The number of nitrogens with one attached hydrogen (secondary N) is 1. The minimum Gasteiger partial charge on any atom is -0.435 e. The normalized spacial score (nSPS) is 22.7. The molecule has 6 nitrogen and oxygen atoms in total. The summed E-state index contributed by atoms with van der Waals surface area (Å²) in [5, 5.41) is 2.84. The van der Waals surface area contributed by atoms with Gasteiger partial charge < -0.3 is 19.7 Å². The summed E-state index contributed by atoms with van der Waals surface area (Å²) in [6.45, 7) is 5.45. The van der Waals surface area contributed by atoms with E-state index >= 15 is 0 Å². The van der Waals surface area contributed by atoms with Crippen molar-refractivity contribution in [1.29, 1.82) is 0 Å². The number of rotatable bonds is 7. The molecule has 3 rings (SSSR count). The van der Waals surface area contributed by atoms with E-state index in [1.165, 1.54) is 12.1 Å². The molecule has 0 aliphatic carbocycles. The zero-order valence-corrected chi connectivity index (χ0v) is 15.6. The summed E-state index contributed by atoms with van der Waals surface area (Å²) < 4.78 is 34.1. The molecule has 1 aromatic carbocycles. The molecular formula is C19H27F2N3O3. The highest BCUT2D eigenvalue weighted by molar-refractivity contribution is 5.94. The highest BCUT2D eigenvalue weighted by atomic mass is 19.3. The Labute approximate surface area is 158 Å². The van der Waals surface area contributed by atoms with Crippen LogP contribution in [0.5, 0.6) is 5.75 Å². The first-order valence-electron chi connectivity index (χ1n) is 9.41. The van der Waals surface area contributed by atoms with E-state index in [0.29, 0.717) is 11.6 Å². The first-order chi connectivity index (χ1) is 13.0. The van der Waals surface area contributed by atoms with Gasteiger partial charge in [0.15, 0.2) is 0 Å². The minimum absolute atomic E-state index is 0.0693. The third-order valence-electron chi connectivity index (χ3n) is 5.22. The molecule has 0 radical (unpaired) electrons. The van der Waals surface area contributed by atoms with Crippen LogP contribution in [0.25, 0.3) is 0 Å². The van der Waals surface area contributed by atoms with E-state index in [1.807, 2.05) is 6.92 Å². The predicted octanol–water partition coefficient (Wildman–Crippen LogP) is 2.27. The number of carbonyl (C=O) groups excluding carboxylic acids is 1. The number of hydrogen-bond donors (Lipinski definition) is 1. The lowest BCUT2D eigenvalue weighted by atomic mass is 10.1. The van der Waals surface area contributed by atoms with E-state index in [0.717, 1.165) is 52.4 Å². The topological polar surface area (TPSA) is 54.0 Å². The number of piperazine rings is 1. The molecule has 2 aliphatic heterocycles. The molecule has 2 heterocycles. The molecule has 2 atom stereocenters. The lowest BCUT2D eigenvalue weighted by Gasteiger charge is -2.38. The second-order valence-electron chi connectivity index (χ2n) is 7.13. The van der Waals surface area contributed by atoms with Crippen molar-refractivity contribution in [3.05, 3.63) is 24.3 Å². The fraction of sp³-hybridized carbons (Fsp3) is 0.632. The van der Waals surface area contributed by atoms with Crippen molar-refractivity contribution >= 4 is 11.6 Å². The Kier molecular flexibility index (Phi) is 6.98. The maximum Gasteiger partial charge on any atom is 0.387 e. The Morgan fingerprint density at radius 2 is 1.96 bits per heavy atom. The number of hydrogen-bond acceptors (Lipinski definition) is 5. The molecular weight excluding hydrogens is 356 g/mol. The molecule has 2 saturated heterocycles. The lowest BCUT2D eigenvalue weighted by molar-refractivity contribution is -0.121. The van der Waals surface area contributed by atoms with E-state index in [9.17, 15) is 13.6 Å². The second-order valence-corrected chi connectivity index (χ2v) is 7.13. The van der Waals surface area contributed by atoms with Crippen molar-refractivity contribution in [2.75, 3.05) is 51.3 Å². The van der Waals surface area contributed by atoms with Gasteiger partial charge in [0, 0.05) is 45.0 Å². The molecule has 150 valence electrons. The molecule has 2 unspecified atom stereocenters. The molecule has 2 fully saturated rings. The summed E-state index contributed by atoms with van der Waals surface area (Å²) in [7, 11) is 0. The van der Waals surface area contributed by atoms with Crippen LogP contribution in [0.15, 0.2) is 24.3 Å². The lowest BCUT2D eigenvalue weighted by Crippen LogP contribution is -2.53. The van der Waals surface area contributed by atoms with Crippen LogP contribution < -0.4 is 10.1 Å². The van der Waals surface area contributed by atoms with Gasteiger partial charge in [-0.3, -0.25) is 9.69 Å². The number of benzene rings is 1. The van der Waals surface area contributed by atoms with Crippen LogP contribution in [-0.4, -0.2) is 74.3 Å². The standard InChI is InChI=1S/C19H27F2N3O3/c1-14(18(25)22-16-2-4-17(5-3-16)27-19(20)21)24-9-7-23(8-10-24)12-15-6-11-26-13-15/h2-5,14-15,19H,6-13H2,1H3,(H,22,25). The van der Waals surface area contributed by atoms with Crippen molar-refractivity contribution in [3.8, 4) is 5.75 Å². The van der Waals surface area contributed by atoms with Crippen molar-refractivity contribution in [2.45, 2.75) is 26.0 Å². The molecule has 0 bridgehead atoms. The number of halogens is 2. The van der Waals surface area contributed by atoms with Crippen LogP contribution in [0, 0.1) is 5.92 Å². The van der Waals surface area contributed by atoms with Gasteiger partial charge in [-0.05, 0) is 43.5 Å². The van der Waals surface area contributed by atoms with Gasteiger partial charge in [0.1, 0.15) is 5.75 Å². The summed E-state index contributed by atoms with van der Waals surface area (Å²) in [5.74, 6) is 0.601. The fourth-order valence-electron chi connectivity index (χ4n) is 3.56. The summed E-state index contributed by atoms with van der Waals surface area (Å²) in [4.78, 5) is 17.1. The van der Waals surface area contributed by atoms with Crippen molar-refractivity contribution in [2.24, 2.45) is 5.92 Å². The first kappa shape index (κ1) is 20.0. The number of ether oxygens (including phenoxy) is 2. The average Bonchev–Trinajstić information content (AvgIpc) is 3.16. The molecule has 2 aliphatic rings. The van der Waals surface area contributed by atoms with Crippen molar-refractivity contribution < 1.29 is 23.0 Å². The van der Waals surface area contributed by atoms with Crippen LogP contribution in [0.1, 0.15) is 13.3 Å². The van der Waals surface area contributed by atoms with Crippen LogP contribution in [0.2, 0.25) is 0 Å². The Hall–Kier alpha value is -1.77. The number of anilines is 1. The van der Waals surface area contributed by atoms with Crippen LogP contribution in [0.3, 0.4) is 0 Å². The van der Waals surface area contributed by atoms with E-state index in [2.05, 4.69) is 19.9 Å². The second kappa shape index (κ2) is 9.43. The van der Waals surface area contributed by atoms with Crippen molar-refractivity contribution in [3.63, 3.8) is 0 Å². The average molecular weight is 383 g/mol. The Bertz CT molecular complexity index is 601. The largest absolute Gasteiger partial charge is 0.435 e. The molecule has 1 amide bonds. The minimum atomic E-state index is -2.86. The van der Waals surface area contributed by atoms with E-state index in [-0.39, 0.29) is 17.7 Å². The SMILES string of the molecule is CC(C(=O)Nc1ccc(OC(F)F)cc1)N1CCN(CC2CCOC2)CC1. The molecule has 1 aromatic rings. The van der Waals surface area contributed by atoms with Gasteiger partial charge in [-0.15, -0.1) is 0 Å². The molecule has 0 aromatic heterocycles. The Morgan fingerprint density at radius 1 is 1.26 bits per heavy atom. The van der Waals surface area contributed by atoms with Gasteiger partial charge in [0.2, 0.25) is 5.91 Å². The maximum atomic E-state index is 12.5. The Morgan fingerprint density at radius 3 is 2.56 bits per heavy atom. The van der Waals surface area contributed by atoms with Gasteiger partial charge >= 0.3 is 6.61 Å². The quantitative estimate of drug-likeness (QED) is 0.783. The highest BCUT2D eigenvalue weighted by Crippen LogP contribution is 2.19. The third kappa shape index (κ3) is 5.85. The van der Waals surface area contributed by atoms with Gasteiger partial charge in [-0.1, -0.05) is 0 Å². The molecule has 27 heavy (non-hydrogen) atoms. The zero-order chi connectivity index (χ0) is 19.2. The van der Waals surface area contributed by atoms with E-state index in [1.54, 1.807) is 12.1 Å². The number of alkyl halides is 2. The monoisotopic (exact) mass is 383 g/mol. The van der Waals surface area contributed by atoms with Gasteiger partial charge in [-0.2, -0.15) is 8.78 Å². The van der Waals surface area contributed by atoms with Crippen LogP contribution >= 0.6 is 0 Å². The van der Waals surface area contributed by atoms with Gasteiger partial charge in [-0.25, -0.2) is 0 Å². The van der Waals surface area contributed by atoms with E-state index < -0.39 is 6.61 Å². The molecule has 8 heteroatoms. The Balaban J connectivity index is 1.43. The summed E-state index contributed by atoms with van der Waals surface area (Å²) in [6.07, 6.45) is 1.14. The number of amides is 1. The smallest absolute Gasteiger partial charge is 0.387 e. The van der Waals surface area contributed by atoms with Crippen molar-refractivity contribution in [1.82, 2.24) is 9.80 Å². The van der Waals surface area contributed by atoms with E-state index in [4.69, 9.17) is 4.74 Å². The van der Waals surface area contributed by atoms with Gasteiger partial charge in [0.05, 0.1) is 12.6 Å². The summed E-state index contributed by atoms with van der Waals surface area (Å²) >= 11 is 0. The zero-order valence-electron chi connectivity index (χ0n) is 15.6.